The summed E-state index contributed by atoms with van der Waals surface area (Å²) in [5.41, 5.74) is 3.63. The van der Waals surface area contributed by atoms with Gasteiger partial charge in [-0.2, -0.15) is 0 Å². The maximum Gasteiger partial charge on any atom is 0.168 e. The molecule has 1 fully saturated rings. The number of rotatable bonds is 5. The van der Waals surface area contributed by atoms with Gasteiger partial charge in [-0.25, -0.2) is 0 Å². The molecule has 4 aromatic rings. The van der Waals surface area contributed by atoms with Gasteiger partial charge in [0.1, 0.15) is 11.5 Å². The van der Waals surface area contributed by atoms with E-state index < -0.39 is 0 Å². The third-order valence-corrected chi connectivity index (χ3v) is 8.01. The van der Waals surface area contributed by atoms with Gasteiger partial charge >= 0.3 is 0 Å². The minimum atomic E-state index is -0.165. The Morgan fingerprint density at radius 1 is 0.950 bits per heavy atom. The Morgan fingerprint density at radius 3 is 2.52 bits per heavy atom. The number of aliphatic hydroxyl groups excluding tert-OH is 1. The van der Waals surface area contributed by atoms with Gasteiger partial charge in [-0.05, 0) is 34.8 Å². The van der Waals surface area contributed by atoms with Crippen molar-refractivity contribution >= 4 is 33.7 Å². The normalized spacial score (nSPS) is 21.1. The number of hydrogen-bond donors (Lipinski definition) is 1. The third kappa shape index (κ3) is 5.02. The van der Waals surface area contributed by atoms with E-state index >= 15 is 0 Å². The van der Waals surface area contributed by atoms with Gasteiger partial charge in [-0.3, -0.25) is 14.6 Å². The van der Waals surface area contributed by atoms with Crippen LogP contribution in [0.25, 0.3) is 10.8 Å². The van der Waals surface area contributed by atoms with Crippen LogP contribution in [0.4, 0.5) is 5.69 Å². The van der Waals surface area contributed by atoms with Crippen molar-refractivity contribution in [3.63, 3.8) is 0 Å². The van der Waals surface area contributed by atoms with Crippen LogP contribution < -0.4 is 0 Å². The Hall–Kier alpha value is -4.32. The molecule has 1 unspecified atom stereocenters. The van der Waals surface area contributed by atoms with Crippen LogP contribution in [0.3, 0.4) is 0 Å². The second-order valence-corrected chi connectivity index (χ2v) is 11.7. The zero-order valence-corrected chi connectivity index (χ0v) is 22.8. The summed E-state index contributed by atoms with van der Waals surface area (Å²) in [4.78, 5) is 31.5. The van der Waals surface area contributed by atoms with Crippen molar-refractivity contribution < 1.29 is 19.2 Å². The van der Waals surface area contributed by atoms with Crippen molar-refractivity contribution in [3.8, 4) is 0 Å². The maximum absolute atomic E-state index is 13.6. The van der Waals surface area contributed by atoms with E-state index in [1.54, 1.807) is 0 Å². The van der Waals surface area contributed by atoms with Crippen molar-refractivity contribution in [1.29, 1.82) is 0 Å². The molecule has 0 spiro atoms. The molecule has 0 saturated heterocycles. The molecular formula is C34H32N2O4. The lowest BCUT2D eigenvalue weighted by molar-refractivity contribution is -0.116. The lowest BCUT2D eigenvalue weighted by Crippen LogP contribution is -2.27. The summed E-state index contributed by atoms with van der Waals surface area (Å²) in [6.45, 7) is 4.08. The molecule has 2 aliphatic carbocycles. The molecule has 1 N–H and O–H groups in total. The molecular weight excluding hydrogens is 500 g/mol. The topological polar surface area (TPSA) is 92.8 Å². The lowest BCUT2D eigenvalue weighted by atomic mass is 9.76. The quantitative estimate of drug-likeness (QED) is 0.210. The van der Waals surface area contributed by atoms with E-state index in [4.69, 9.17) is 9.52 Å². The van der Waals surface area contributed by atoms with Crippen molar-refractivity contribution in [3.05, 3.63) is 107 Å². The first kappa shape index (κ1) is 25.9. The zero-order valence-electron chi connectivity index (χ0n) is 22.8. The van der Waals surface area contributed by atoms with Crippen LogP contribution in [0.5, 0.6) is 0 Å². The summed E-state index contributed by atoms with van der Waals surface area (Å²) in [7, 11) is 0. The molecule has 6 nitrogen and oxygen atoms in total. The molecule has 0 bridgehead atoms. The average Bonchev–Trinajstić information content (AvgIpc) is 3.34. The number of hydrogen-bond acceptors (Lipinski definition) is 6. The average molecular weight is 533 g/mol. The molecule has 40 heavy (non-hydrogen) atoms. The molecule has 6 heteroatoms. The molecule has 1 saturated carbocycles. The zero-order chi connectivity index (χ0) is 27.9. The molecule has 202 valence electrons. The second-order valence-electron chi connectivity index (χ2n) is 11.7. The number of ketones is 2. The Bertz CT molecular complexity index is 1670. The fraction of sp³-hybridized carbons (Fsp3) is 0.294. The molecule has 1 atom stereocenters. The first-order valence-electron chi connectivity index (χ1n) is 13.9. The minimum absolute atomic E-state index is 0.0177. The van der Waals surface area contributed by atoms with Gasteiger partial charge in [-0.15, -0.1) is 0 Å². The van der Waals surface area contributed by atoms with Gasteiger partial charge in [0.15, 0.2) is 11.6 Å². The summed E-state index contributed by atoms with van der Waals surface area (Å²) >= 11 is 0. The highest BCUT2D eigenvalue weighted by atomic mass is 16.5. The maximum atomic E-state index is 13.6. The lowest BCUT2D eigenvalue weighted by Gasteiger charge is -2.27. The molecule has 3 aromatic carbocycles. The molecule has 6 rings (SSSR count). The van der Waals surface area contributed by atoms with Crippen LogP contribution in [0.2, 0.25) is 0 Å². The van der Waals surface area contributed by atoms with Gasteiger partial charge in [0.05, 0.1) is 28.2 Å². The molecule has 0 amide bonds. The smallest absolute Gasteiger partial charge is 0.168 e. The van der Waals surface area contributed by atoms with Crippen LogP contribution in [0.1, 0.15) is 72.8 Å². The van der Waals surface area contributed by atoms with Crippen molar-refractivity contribution in [2.24, 2.45) is 10.4 Å². The van der Waals surface area contributed by atoms with Crippen LogP contribution >= 0.6 is 0 Å². The van der Waals surface area contributed by atoms with Gasteiger partial charge in [0, 0.05) is 37.5 Å². The number of Topliss-reactive ketones (excluding diaryl/α,β-unsaturated/α-hetero) is 2. The van der Waals surface area contributed by atoms with E-state index in [1.165, 1.54) is 0 Å². The van der Waals surface area contributed by atoms with Crippen molar-refractivity contribution in [2.75, 3.05) is 0 Å². The number of allylic oxidation sites excluding steroid dienone is 2. The number of fused-ring (bicyclic) bond motifs is 2. The van der Waals surface area contributed by atoms with Gasteiger partial charge < -0.3 is 9.63 Å². The number of aliphatic hydroxyl groups is 1. The Kier molecular flexibility index (Phi) is 6.70. The van der Waals surface area contributed by atoms with E-state index in [9.17, 15) is 14.7 Å². The molecule has 0 aliphatic heterocycles. The predicted molar refractivity (Wildman–Crippen MR) is 155 cm³/mol. The summed E-state index contributed by atoms with van der Waals surface area (Å²) < 4.78 is 5.54. The fourth-order valence-corrected chi connectivity index (χ4v) is 6.09. The van der Waals surface area contributed by atoms with E-state index in [1.807, 2.05) is 86.6 Å². The molecule has 2 aliphatic rings. The van der Waals surface area contributed by atoms with Gasteiger partial charge in [-0.1, -0.05) is 85.7 Å². The number of aromatic nitrogens is 1. The first-order chi connectivity index (χ1) is 19.3. The van der Waals surface area contributed by atoms with Crippen LogP contribution in [0.15, 0.2) is 93.6 Å². The highest BCUT2D eigenvalue weighted by Crippen LogP contribution is 2.38. The van der Waals surface area contributed by atoms with Gasteiger partial charge in [0.2, 0.25) is 0 Å². The summed E-state index contributed by atoms with van der Waals surface area (Å²) in [6, 6.07) is 23.9. The fourth-order valence-electron chi connectivity index (χ4n) is 6.09. The third-order valence-electron chi connectivity index (χ3n) is 8.01. The summed E-state index contributed by atoms with van der Waals surface area (Å²) in [6.07, 6.45) is 2.38. The monoisotopic (exact) mass is 532 g/mol. The van der Waals surface area contributed by atoms with Crippen molar-refractivity contribution in [2.45, 2.75) is 58.3 Å². The Morgan fingerprint density at radius 2 is 1.70 bits per heavy atom. The second kappa shape index (κ2) is 10.3. The number of aliphatic imine (C=N–C) groups is 1. The van der Waals surface area contributed by atoms with Gasteiger partial charge in [0.25, 0.3) is 0 Å². The molecule has 1 heterocycles. The summed E-state index contributed by atoms with van der Waals surface area (Å²) in [5, 5.41) is 17.6. The van der Waals surface area contributed by atoms with E-state index in [0.29, 0.717) is 54.8 Å². The number of benzene rings is 3. The largest absolute Gasteiger partial charge is 0.511 e. The Labute approximate surface area is 233 Å². The van der Waals surface area contributed by atoms with E-state index in [2.05, 4.69) is 5.16 Å². The molecule has 0 radical (unpaired) electrons. The van der Waals surface area contributed by atoms with E-state index in [-0.39, 0.29) is 40.7 Å². The number of carbonyl (C=O) groups excluding carboxylic acids is 2. The summed E-state index contributed by atoms with van der Waals surface area (Å²) in [5.74, 6) is 0.461. The first-order valence-corrected chi connectivity index (χ1v) is 13.9. The highest BCUT2D eigenvalue weighted by Gasteiger charge is 2.37. The van der Waals surface area contributed by atoms with Crippen molar-refractivity contribution in [1.82, 2.24) is 5.16 Å². The van der Waals surface area contributed by atoms with E-state index in [0.717, 1.165) is 22.0 Å². The van der Waals surface area contributed by atoms with Crippen LogP contribution in [0, 0.1) is 5.41 Å². The Balaban J connectivity index is 1.36. The molecule has 1 aromatic heterocycles. The van der Waals surface area contributed by atoms with Crippen LogP contribution in [-0.2, 0) is 17.6 Å². The standard InChI is InChI=1S/C34H32N2O4/c1-34(2)19-30(39)33-26(36-40-31(33)20-34)15-16-28(37)32-27(17-23(18-29(32)38)21-9-4-3-5-10-21)35-25-14-8-12-22-11-6-7-13-24(22)25/h3-14,23,37H,15-20H2,1-2H3/b32-28+,35-27?. The number of nitrogens with zero attached hydrogens (tertiary/aromatic N) is 2. The SMILES string of the molecule is CC1(C)CC(=O)c2c(CC/C(O)=C3\C(=O)CC(c4ccccc4)CC3=Nc3cccc4ccccc34)noc2C1. The van der Waals surface area contributed by atoms with Crippen LogP contribution in [-0.4, -0.2) is 27.5 Å². The number of carbonyl (C=O) groups is 2. The minimum Gasteiger partial charge on any atom is -0.511 e. The number of aryl methyl sites for hydroxylation is 1. The highest BCUT2D eigenvalue weighted by molar-refractivity contribution is 6.25. The predicted octanol–water partition coefficient (Wildman–Crippen LogP) is 7.65.